The van der Waals surface area contributed by atoms with Crippen molar-refractivity contribution in [3.63, 3.8) is 0 Å². The quantitative estimate of drug-likeness (QED) is 0.855. The van der Waals surface area contributed by atoms with Gasteiger partial charge in [-0.2, -0.15) is 13.2 Å². The summed E-state index contributed by atoms with van der Waals surface area (Å²) in [5, 5.41) is 18.4. The summed E-state index contributed by atoms with van der Waals surface area (Å²) in [6.07, 6.45) is -3.26. The monoisotopic (exact) mass is 352 g/mol. The number of hydrogen-bond acceptors (Lipinski definition) is 2. The molecule has 1 atom stereocenters. The van der Waals surface area contributed by atoms with Crippen LogP contribution in [0, 0.1) is 5.92 Å². The van der Waals surface area contributed by atoms with E-state index in [1.54, 1.807) is 0 Å². The fourth-order valence-electron chi connectivity index (χ4n) is 2.29. The highest BCUT2D eigenvalue weighted by Gasteiger charge is 2.38. The Morgan fingerprint density at radius 2 is 2.00 bits per heavy atom. The highest BCUT2D eigenvalue weighted by molar-refractivity contribution is 9.10. The van der Waals surface area contributed by atoms with Gasteiger partial charge >= 0.3 is 12.1 Å². The molecule has 110 valence electrons. The normalized spacial score (nSPS) is 17.0. The summed E-state index contributed by atoms with van der Waals surface area (Å²) < 4.78 is 38.5. The predicted octanol–water partition coefficient (Wildman–Crippen LogP) is 4.14. The number of halogens is 4. The lowest BCUT2D eigenvalue weighted by atomic mass is 9.89. The molecule has 1 aliphatic carbocycles. The molecule has 0 aliphatic heterocycles. The van der Waals surface area contributed by atoms with Crippen molar-refractivity contribution in [1.29, 1.82) is 0 Å². The van der Waals surface area contributed by atoms with E-state index in [1.165, 1.54) is 6.07 Å². The molecular weight excluding hydrogens is 341 g/mol. The van der Waals surface area contributed by atoms with E-state index in [-0.39, 0.29) is 16.8 Å². The molecule has 0 aromatic heterocycles. The number of benzene rings is 1. The lowest BCUT2D eigenvalue weighted by Crippen LogP contribution is -2.11. The molecule has 1 saturated carbocycles. The molecule has 0 amide bonds. The molecule has 0 spiro atoms. The molecule has 1 aromatic carbocycles. The Hall–Kier alpha value is -1.24. The van der Waals surface area contributed by atoms with E-state index in [0.29, 0.717) is 5.56 Å². The van der Waals surface area contributed by atoms with Crippen molar-refractivity contribution in [2.24, 2.45) is 5.92 Å². The molecule has 1 unspecified atom stereocenters. The molecule has 3 nitrogen and oxygen atoms in total. The first-order valence-electron chi connectivity index (χ1n) is 6.01. The molecule has 0 heterocycles. The van der Waals surface area contributed by atoms with Crippen LogP contribution in [0.3, 0.4) is 0 Å². The molecule has 0 saturated heterocycles. The van der Waals surface area contributed by atoms with Crippen molar-refractivity contribution < 1.29 is 28.2 Å². The third kappa shape index (κ3) is 3.26. The summed E-state index contributed by atoms with van der Waals surface area (Å²) in [6, 6.07) is 2.22. The average Bonchev–Trinajstić information content (AvgIpc) is 3.11. The fraction of sp³-hybridized carbons (Fsp3) is 0.462. The van der Waals surface area contributed by atoms with Gasteiger partial charge in [0.2, 0.25) is 0 Å². The van der Waals surface area contributed by atoms with Gasteiger partial charge in [-0.15, -0.1) is 0 Å². The maximum atomic E-state index is 12.9. The van der Waals surface area contributed by atoms with Crippen LogP contribution in [-0.4, -0.2) is 16.2 Å². The number of phenolic OH excluding ortho intramolecular Hbond substituents is 1. The standard InChI is InChI=1S/C13H12BrF3O3/c14-10-4-7(3-9(12(10)20)13(15,16)17)8(5-11(18)19)6-1-2-6/h3-4,6,8,20H,1-2,5H2,(H,18,19). The van der Waals surface area contributed by atoms with Gasteiger partial charge in [-0.3, -0.25) is 4.79 Å². The van der Waals surface area contributed by atoms with Crippen LogP contribution in [0.1, 0.15) is 36.3 Å². The van der Waals surface area contributed by atoms with Gasteiger partial charge in [0.15, 0.2) is 0 Å². The average molecular weight is 353 g/mol. The number of aliphatic carboxylic acids is 1. The van der Waals surface area contributed by atoms with Crippen molar-refractivity contribution in [3.8, 4) is 5.75 Å². The lowest BCUT2D eigenvalue weighted by Gasteiger charge is -2.18. The smallest absolute Gasteiger partial charge is 0.420 e. The number of rotatable bonds is 4. The van der Waals surface area contributed by atoms with Crippen molar-refractivity contribution in [2.45, 2.75) is 31.4 Å². The Labute approximate surface area is 121 Å². The first-order chi connectivity index (χ1) is 9.20. The van der Waals surface area contributed by atoms with Gasteiger partial charge < -0.3 is 10.2 Å². The van der Waals surface area contributed by atoms with Crippen LogP contribution in [0.5, 0.6) is 5.75 Å². The maximum Gasteiger partial charge on any atom is 0.420 e. The largest absolute Gasteiger partial charge is 0.506 e. The van der Waals surface area contributed by atoms with Gasteiger partial charge in [0.05, 0.1) is 16.5 Å². The van der Waals surface area contributed by atoms with Crippen LogP contribution < -0.4 is 0 Å². The van der Waals surface area contributed by atoms with Crippen LogP contribution in [-0.2, 0) is 11.0 Å². The fourth-order valence-corrected chi connectivity index (χ4v) is 2.77. The minimum Gasteiger partial charge on any atom is -0.506 e. The molecule has 2 rings (SSSR count). The van der Waals surface area contributed by atoms with Crippen LogP contribution in [0.2, 0.25) is 0 Å². The molecular formula is C13H12BrF3O3. The van der Waals surface area contributed by atoms with Gasteiger partial charge in [-0.1, -0.05) is 0 Å². The summed E-state index contributed by atoms with van der Waals surface area (Å²) in [5.74, 6) is -2.26. The Balaban J connectivity index is 2.45. The highest BCUT2D eigenvalue weighted by atomic mass is 79.9. The van der Waals surface area contributed by atoms with Gasteiger partial charge in [-0.25, -0.2) is 0 Å². The molecule has 0 radical (unpaired) electrons. The summed E-state index contributed by atoms with van der Waals surface area (Å²) in [4.78, 5) is 10.9. The third-order valence-electron chi connectivity index (χ3n) is 3.40. The van der Waals surface area contributed by atoms with Crippen molar-refractivity contribution in [2.75, 3.05) is 0 Å². The zero-order chi connectivity index (χ0) is 15.1. The summed E-state index contributed by atoms with van der Waals surface area (Å²) in [7, 11) is 0. The van der Waals surface area contributed by atoms with E-state index in [4.69, 9.17) is 5.11 Å². The van der Waals surface area contributed by atoms with E-state index < -0.39 is 29.4 Å². The molecule has 1 aromatic rings. The van der Waals surface area contributed by atoms with Crippen molar-refractivity contribution in [1.82, 2.24) is 0 Å². The van der Waals surface area contributed by atoms with E-state index in [9.17, 15) is 23.1 Å². The first-order valence-corrected chi connectivity index (χ1v) is 6.81. The summed E-state index contributed by atoms with van der Waals surface area (Å²) >= 11 is 2.90. The number of carbonyl (C=O) groups is 1. The second kappa shape index (κ2) is 5.27. The van der Waals surface area contributed by atoms with Gasteiger partial charge in [-0.05, 0) is 58.3 Å². The van der Waals surface area contributed by atoms with Crippen LogP contribution in [0.25, 0.3) is 0 Å². The molecule has 0 bridgehead atoms. The summed E-state index contributed by atoms with van der Waals surface area (Å²) in [6.45, 7) is 0. The topological polar surface area (TPSA) is 57.5 Å². The molecule has 20 heavy (non-hydrogen) atoms. The minimum atomic E-state index is -4.68. The van der Waals surface area contributed by atoms with Crippen molar-refractivity contribution >= 4 is 21.9 Å². The van der Waals surface area contributed by atoms with Crippen LogP contribution in [0.15, 0.2) is 16.6 Å². The Bertz CT molecular complexity index is 538. The predicted molar refractivity (Wildman–Crippen MR) is 68.5 cm³/mol. The molecule has 1 fully saturated rings. The molecule has 2 N–H and O–H groups in total. The van der Waals surface area contributed by atoms with E-state index in [0.717, 1.165) is 18.9 Å². The molecule has 7 heteroatoms. The Kier molecular flexibility index (Phi) is 4.00. The second-order valence-corrected chi connectivity index (χ2v) is 5.79. The maximum absolute atomic E-state index is 12.9. The van der Waals surface area contributed by atoms with Crippen molar-refractivity contribution in [3.05, 3.63) is 27.7 Å². The zero-order valence-corrected chi connectivity index (χ0v) is 11.8. The zero-order valence-electron chi connectivity index (χ0n) is 10.2. The van der Waals surface area contributed by atoms with Crippen LogP contribution >= 0.6 is 15.9 Å². The lowest BCUT2D eigenvalue weighted by molar-refractivity contribution is -0.139. The minimum absolute atomic E-state index is 0.0710. The third-order valence-corrected chi connectivity index (χ3v) is 4.01. The number of aromatic hydroxyl groups is 1. The molecule has 1 aliphatic rings. The highest BCUT2D eigenvalue weighted by Crippen LogP contribution is 2.48. The summed E-state index contributed by atoms with van der Waals surface area (Å²) in [5.41, 5.74) is -0.843. The number of phenols is 1. The Morgan fingerprint density at radius 3 is 2.45 bits per heavy atom. The number of alkyl halides is 3. The second-order valence-electron chi connectivity index (χ2n) is 4.94. The number of carboxylic acids is 1. The number of carboxylic acid groups (broad SMARTS) is 1. The van der Waals surface area contributed by atoms with Crippen LogP contribution in [0.4, 0.5) is 13.2 Å². The van der Waals surface area contributed by atoms with Gasteiger partial charge in [0.1, 0.15) is 5.75 Å². The van der Waals surface area contributed by atoms with E-state index in [2.05, 4.69) is 15.9 Å². The Morgan fingerprint density at radius 1 is 1.40 bits per heavy atom. The van der Waals surface area contributed by atoms with E-state index >= 15 is 0 Å². The van der Waals surface area contributed by atoms with Gasteiger partial charge in [0, 0.05) is 0 Å². The number of hydrogen-bond donors (Lipinski definition) is 2. The first kappa shape index (κ1) is 15.2. The van der Waals surface area contributed by atoms with E-state index in [1.807, 2.05) is 0 Å². The van der Waals surface area contributed by atoms with Gasteiger partial charge in [0.25, 0.3) is 0 Å². The SMILES string of the molecule is O=C(O)CC(c1cc(Br)c(O)c(C(F)(F)F)c1)C1CC1.